The SMILES string of the molecule is Nc1c(NCc2ccccc2)cc(C(F)(F)F)nc1Br. The van der Waals surface area contributed by atoms with Crippen LogP contribution in [0.3, 0.4) is 0 Å². The van der Waals surface area contributed by atoms with Gasteiger partial charge < -0.3 is 11.1 Å². The van der Waals surface area contributed by atoms with Crippen molar-refractivity contribution in [2.45, 2.75) is 12.7 Å². The van der Waals surface area contributed by atoms with Crippen molar-refractivity contribution in [1.82, 2.24) is 4.98 Å². The molecule has 106 valence electrons. The molecular weight excluding hydrogens is 335 g/mol. The van der Waals surface area contributed by atoms with Crippen molar-refractivity contribution in [3.05, 3.63) is 52.3 Å². The van der Waals surface area contributed by atoms with Crippen LogP contribution in [0.1, 0.15) is 11.3 Å². The Kier molecular flexibility index (Phi) is 4.17. The van der Waals surface area contributed by atoms with Crippen molar-refractivity contribution in [3.8, 4) is 0 Å². The summed E-state index contributed by atoms with van der Waals surface area (Å²) in [5, 5.41) is 2.89. The molecule has 2 rings (SSSR count). The van der Waals surface area contributed by atoms with Gasteiger partial charge in [0, 0.05) is 6.54 Å². The minimum atomic E-state index is -4.51. The second-order valence-corrected chi connectivity index (χ2v) is 4.85. The lowest BCUT2D eigenvalue weighted by Crippen LogP contribution is -2.11. The van der Waals surface area contributed by atoms with E-state index in [1.54, 1.807) is 0 Å². The van der Waals surface area contributed by atoms with Crippen LogP contribution < -0.4 is 11.1 Å². The smallest absolute Gasteiger partial charge is 0.395 e. The number of halogens is 4. The normalized spacial score (nSPS) is 11.4. The molecule has 3 nitrogen and oxygen atoms in total. The Bertz CT molecular complexity index is 600. The predicted octanol–water partition coefficient (Wildman–Crippen LogP) is 4.06. The third-order valence-electron chi connectivity index (χ3n) is 2.63. The zero-order valence-electron chi connectivity index (χ0n) is 10.2. The zero-order chi connectivity index (χ0) is 14.8. The number of alkyl halides is 3. The van der Waals surface area contributed by atoms with E-state index in [0.717, 1.165) is 11.6 Å². The molecule has 0 aliphatic heterocycles. The predicted molar refractivity (Wildman–Crippen MR) is 75.1 cm³/mol. The van der Waals surface area contributed by atoms with Gasteiger partial charge in [-0.3, -0.25) is 0 Å². The van der Waals surface area contributed by atoms with Gasteiger partial charge in [0.15, 0.2) is 0 Å². The van der Waals surface area contributed by atoms with Crippen molar-refractivity contribution >= 4 is 27.3 Å². The van der Waals surface area contributed by atoms with Crippen LogP contribution in [0.4, 0.5) is 24.5 Å². The van der Waals surface area contributed by atoms with Gasteiger partial charge in [-0.05, 0) is 27.6 Å². The molecule has 2 aromatic rings. The summed E-state index contributed by atoms with van der Waals surface area (Å²) in [5.74, 6) is 0. The highest BCUT2D eigenvalue weighted by Crippen LogP contribution is 2.35. The molecule has 0 fully saturated rings. The minimum absolute atomic E-state index is 0.0251. The van der Waals surface area contributed by atoms with Crippen LogP contribution in [0.15, 0.2) is 41.0 Å². The van der Waals surface area contributed by atoms with Gasteiger partial charge in [0.2, 0.25) is 0 Å². The number of hydrogen-bond donors (Lipinski definition) is 2. The topological polar surface area (TPSA) is 50.9 Å². The summed E-state index contributed by atoms with van der Waals surface area (Å²) in [6, 6.07) is 10.2. The maximum Gasteiger partial charge on any atom is 0.433 e. The number of pyridine rings is 1. The number of aromatic nitrogens is 1. The van der Waals surface area contributed by atoms with Gasteiger partial charge >= 0.3 is 6.18 Å². The van der Waals surface area contributed by atoms with E-state index in [1.807, 2.05) is 30.3 Å². The Balaban J connectivity index is 2.25. The number of hydrogen-bond acceptors (Lipinski definition) is 3. The first-order valence-electron chi connectivity index (χ1n) is 5.69. The Labute approximate surface area is 122 Å². The summed E-state index contributed by atoms with van der Waals surface area (Å²) in [5.41, 5.74) is 6.01. The summed E-state index contributed by atoms with van der Waals surface area (Å²) >= 11 is 2.94. The van der Waals surface area contributed by atoms with E-state index >= 15 is 0 Å². The summed E-state index contributed by atoms with van der Waals surface area (Å²) < 4.78 is 38.0. The molecule has 0 saturated carbocycles. The fourth-order valence-electron chi connectivity index (χ4n) is 1.61. The third-order valence-corrected chi connectivity index (χ3v) is 3.23. The summed E-state index contributed by atoms with van der Waals surface area (Å²) in [6.07, 6.45) is -4.51. The molecule has 1 heterocycles. The molecule has 0 atom stereocenters. The molecule has 0 bridgehead atoms. The van der Waals surface area contributed by atoms with Crippen LogP contribution in [0.2, 0.25) is 0 Å². The molecule has 0 amide bonds. The van der Waals surface area contributed by atoms with Crippen LogP contribution in [-0.2, 0) is 12.7 Å². The van der Waals surface area contributed by atoms with E-state index in [-0.39, 0.29) is 16.0 Å². The second-order valence-electron chi connectivity index (χ2n) is 4.10. The number of nitrogens with zero attached hydrogens (tertiary/aromatic N) is 1. The number of nitrogens with one attached hydrogen (secondary N) is 1. The van der Waals surface area contributed by atoms with Crippen LogP contribution in [0.5, 0.6) is 0 Å². The Hall–Kier alpha value is -1.76. The molecule has 7 heteroatoms. The van der Waals surface area contributed by atoms with E-state index in [0.29, 0.717) is 6.54 Å². The minimum Gasteiger partial charge on any atom is -0.395 e. The van der Waals surface area contributed by atoms with Crippen molar-refractivity contribution < 1.29 is 13.2 Å². The number of rotatable bonds is 3. The van der Waals surface area contributed by atoms with E-state index in [1.165, 1.54) is 0 Å². The van der Waals surface area contributed by atoms with Crippen molar-refractivity contribution in [3.63, 3.8) is 0 Å². The molecule has 0 unspecified atom stereocenters. The fraction of sp³-hybridized carbons (Fsp3) is 0.154. The first-order valence-corrected chi connectivity index (χ1v) is 6.48. The molecular formula is C13H11BrF3N3. The number of benzene rings is 1. The maximum atomic E-state index is 12.7. The highest BCUT2D eigenvalue weighted by Gasteiger charge is 2.33. The molecule has 20 heavy (non-hydrogen) atoms. The summed E-state index contributed by atoms with van der Waals surface area (Å²) in [4.78, 5) is 3.39. The lowest BCUT2D eigenvalue weighted by atomic mass is 10.2. The summed E-state index contributed by atoms with van der Waals surface area (Å²) in [7, 11) is 0. The van der Waals surface area contributed by atoms with Gasteiger partial charge in [0.25, 0.3) is 0 Å². The van der Waals surface area contributed by atoms with Crippen LogP contribution in [-0.4, -0.2) is 4.98 Å². The lowest BCUT2D eigenvalue weighted by molar-refractivity contribution is -0.141. The van der Waals surface area contributed by atoms with E-state index in [4.69, 9.17) is 5.73 Å². The van der Waals surface area contributed by atoms with E-state index in [9.17, 15) is 13.2 Å². The largest absolute Gasteiger partial charge is 0.433 e. The molecule has 0 radical (unpaired) electrons. The highest BCUT2D eigenvalue weighted by molar-refractivity contribution is 9.10. The first kappa shape index (κ1) is 14.6. The quantitative estimate of drug-likeness (QED) is 0.825. The Morgan fingerprint density at radius 2 is 1.85 bits per heavy atom. The first-order chi connectivity index (χ1) is 9.38. The summed E-state index contributed by atoms with van der Waals surface area (Å²) in [6.45, 7) is 0.374. The Morgan fingerprint density at radius 1 is 1.20 bits per heavy atom. The van der Waals surface area contributed by atoms with Gasteiger partial charge in [-0.25, -0.2) is 4.98 Å². The number of anilines is 2. The second kappa shape index (κ2) is 5.70. The standard InChI is InChI=1S/C13H11BrF3N3/c14-12-11(18)9(6-10(20-12)13(15,16)17)19-7-8-4-2-1-3-5-8/h1-6H,7,18H2,(H,19,20). The molecule has 0 aliphatic carbocycles. The molecule has 0 aliphatic rings. The van der Waals surface area contributed by atoms with Crippen LogP contribution in [0, 0.1) is 0 Å². The number of nitrogen functional groups attached to an aromatic ring is 1. The monoisotopic (exact) mass is 345 g/mol. The van der Waals surface area contributed by atoms with Gasteiger partial charge in [-0.2, -0.15) is 13.2 Å². The Morgan fingerprint density at radius 3 is 2.45 bits per heavy atom. The number of nitrogens with two attached hydrogens (primary N) is 1. The lowest BCUT2D eigenvalue weighted by Gasteiger charge is -2.14. The van der Waals surface area contributed by atoms with E-state index < -0.39 is 11.9 Å². The zero-order valence-corrected chi connectivity index (χ0v) is 11.8. The van der Waals surface area contributed by atoms with Gasteiger partial charge in [0.05, 0.1) is 11.4 Å². The van der Waals surface area contributed by atoms with Crippen molar-refractivity contribution in [2.75, 3.05) is 11.1 Å². The van der Waals surface area contributed by atoms with Crippen LogP contribution in [0.25, 0.3) is 0 Å². The molecule has 0 saturated heterocycles. The van der Waals surface area contributed by atoms with Crippen molar-refractivity contribution in [2.24, 2.45) is 0 Å². The van der Waals surface area contributed by atoms with Crippen LogP contribution >= 0.6 is 15.9 Å². The molecule has 1 aromatic heterocycles. The van der Waals surface area contributed by atoms with Gasteiger partial charge in [-0.15, -0.1) is 0 Å². The molecule has 3 N–H and O–H groups in total. The molecule has 1 aromatic carbocycles. The third kappa shape index (κ3) is 3.41. The average Bonchev–Trinajstić information content (AvgIpc) is 2.40. The van der Waals surface area contributed by atoms with E-state index in [2.05, 4.69) is 26.2 Å². The average molecular weight is 346 g/mol. The highest BCUT2D eigenvalue weighted by atomic mass is 79.9. The maximum absolute atomic E-state index is 12.7. The van der Waals surface area contributed by atoms with Crippen molar-refractivity contribution in [1.29, 1.82) is 0 Å². The van der Waals surface area contributed by atoms with Gasteiger partial charge in [-0.1, -0.05) is 30.3 Å². The van der Waals surface area contributed by atoms with Gasteiger partial charge in [0.1, 0.15) is 10.3 Å². The molecule has 0 spiro atoms. The fourth-order valence-corrected chi connectivity index (χ4v) is 2.01.